The van der Waals surface area contributed by atoms with Gasteiger partial charge in [0, 0.05) is 17.3 Å². The number of rotatable bonds is 5. The number of hydrogen-bond acceptors (Lipinski definition) is 0. The lowest BCUT2D eigenvalue weighted by Crippen LogP contribution is -1.83. The second kappa shape index (κ2) is 8.79. The molecule has 1 heteroatoms. The first kappa shape index (κ1) is 12.6. The van der Waals surface area contributed by atoms with Crippen LogP contribution in [0.15, 0.2) is 30.3 Å². The third kappa shape index (κ3) is 6.57. The lowest BCUT2D eigenvalue weighted by molar-refractivity contribution is 0.856. The summed E-state index contributed by atoms with van der Waals surface area (Å²) in [7, 11) is 0. The molecule has 0 spiro atoms. The molecule has 0 aliphatic carbocycles. The molecule has 80 valence electrons. The first-order valence-corrected chi connectivity index (χ1v) is 7.01. The van der Waals surface area contributed by atoms with E-state index in [0.29, 0.717) is 0 Å². The monoisotopic (exact) mass is 312 g/mol. The molecule has 0 atom stereocenters. The highest BCUT2D eigenvalue weighted by molar-refractivity contribution is 14.1. The second-order valence-corrected chi connectivity index (χ2v) is 4.56. The van der Waals surface area contributed by atoms with Crippen LogP contribution in [0.2, 0.25) is 0 Å². The fourth-order valence-electron chi connectivity index (χ4n) is 1.36. The van der Waals surface area contributed by atoms with Gasteiger partial charge in [-0.3, -0.25) is 0 Å². The number of hydrogen-bond donors (Lipinski definition) is 0. The molecule has 0 radical (unpaired) electrons. The van der Waals surface area contributed by atoms with Gasteiger partial charge in [-0.05, 0) is 24.8 Å². The molecule has 0 N–H and O–H groups in total. The second-order valence-electron chi connectivity index (χ2n) is 3.49. The van der Waals surface area contributed by atoms with E-state index in [1.165, 1.54) is 22.8 Å². The van der Waals surface area contributed by atoms with Crippen LogP contribution in [-0.2, 0) is 6.42 Å². The topological polar surface area (TPSA) is 0 Å². The van der Waals surface area contributed by atoms with Gasteiger partial charge in [0.25, 0.3) is 0 Å². The van der Waals surface area contributed by atoms with E-state index in [1.54, 1.807) is 0 Å². The van der Waals surface area contributed by atoms with Crippen molar-refractivity contribution >= 4 is 22.6 Å². The average Bonchev–Trinajstić information content (AvgIpc) is 2.29. The standard InChI is InChI=1S/C14H17I/c15-13-9-4-2-1-3-6-10-14-11-7-5-8-12-14/h5,7-8,11-12H,3-4,6,9-10,13H2. The summed E-state index contributed by atoms with van der Waals surface area (Å²) in [6.07, 6.45) is 5.67. The lowest BCUT2D eigenvalue weighted by atomic mass is 10.1. The lowest BCUT2D eigenvalue weighted by Gasteiger charge is -1.96. The fraction of sp³-hybridized carbons (Fsp3) is 0.429. The maximum atomic E-state index is 3.24. The van der Waals surface area contributed by atoms with Crippen LogP contribution in [0.5, 0.6) is 0 Å². The zero-order chi connectivity index (χ0) is 10.8. The number of alkyl halides is 1. The summed E-state index contributed by atoms with van der Waals surface area (Å²) in [5.74, 6) is 6.45. The van der Waals surface area contributed by atoms with Crippen molar-refractivity contribution in [3.63, 3.8) is 0 Å². The molecule has 0 aliphatic rings. The molecule has 0 heterocycles. The van der Waals surface area contributed by atoms with E-state index in [2.05, 4.69) is 64.8 Å². The first-order valence-electron chi connectivity index (χ1n) is 5.49. The van der Waals surface area contributed by atoms with Crippen LogP contribution < -0.4 is 0 Å². The molecule has 0 fully saturated rings. The number of unbranched alkanes of at least 4 members (excludes halogenated alkanes) is 2. The Morgan fingerprint density at radius 3 is 2.27 bits per heavy atom. The molecule has 1 aromatic carbocycles. The quantitative estimate of drug-likeness (QED) is 0.330. The van der Waals surface area contributed by atoms with Gasteiger partial charge in [0.05, 0.1) is 0 Å². The summed E-state index contributed by atoms with van der Waals surface area (Å²) < 4.78 is 1.22. The van der Waals surface area contributed by atoms with Crippen LogP contribution in [0.3, 0.4) is 0 Å². The van der Waals surface area contributed by atoms with Crippen LogP contribution >= 0.6 is 22.6 Å². The van der Waals surface area contributed by atoms with Gasteiger partial charge in [0.15, 0.2) is 0 Å². The summed E-state index contributed by atoms with van der Waals surface area (Å²) in [6, 6.07) is 10.6. The Bertz CT molecular complexity index is 305. The van der Waals surface area contributed by atoms with Crippen LogP contribution in [0, 0.1) is 11.8 Å². The zero-order valence-electron chi connectivity index (χ0n) is 9.01. The largest absolute Gasteiger partial charge is 0.103 e. The van der Waals surface area contributed by atoms with Crippen molar-refractivity contribution in [3.8, 4) is 11.8 Å². The van der Waals surface area contributed by atoms with Crippen molar-refractivity contribution in [1.82, 2.24) is 0 Å². The highest BCUT2D eigenvalue weighted by atomic mass is 127. The minimum Gasteiger partial charge on any atom is -0.103 e. The Morgan fingerprint density at radius 2 is 1.60 bits per heavy atom. The third-order valence-electron chi connectivity index (χ3n) is 2.17. The summed E-state index contributed by atoms with van der Waals surface area (Å²) in [5, 5.41) is 0. The van der Waals surface area contributed by atoms with Crippen molar-refractivity contribution in [2.45, 2.75) is 32.1 Å². The molecule has 1 rings (SSSR count). The minimum absolute atomic E-state index is 1.04. The minimum atomic E-state index is 1.04. The Balaban J connectivity index is 2.08. The van der Waals surface area contributed by atoms with Crippen molar-refractivity contribution in [2.24, 2.45) is 0 Å². The van der Waals surface area contributed by atoms with Gasteiger partial charge in [-0.2, -0.15) is 0 Å². The molecule has 0 unspecified atom stereocenters. The SMILES string of the molecule is ICCCC#CCCCc1ccccc1. The summed E-state index contributed by atoms with van der Waals surface area (Å²) >= 11 is 2.40. The Kier molecular flexibility index (Phi) is 7.37. The van der Waals surface area contributed by atoms with E-state index < -0.39 is 0 Å². The Hall–Kier alpha value is -0.490. The number of benzene rings is 1. The Morgan fingerprint density at radius 1 is 0.933 bits per heavy atom. The summed E-state index contributed by atoms with van der Waals surface area (Å²) in [5.41, 5.74) is 1.42. The van der Waals surface area contributed by atoms with E-state index in [4.69, 9.17) is 0 Å². The van der Waals surface area contributed by atoms with E-state index in [9.17, 15) is 0 Å². The summed E-state index contributed by atoms with van der Waals surface area (Å²) in [6.45, 7) is 0. The van der Waals surface area contributed by atoms with Gasteiger partial charge >= 0.3 is 0 Å². The number of aryl methyl sites for hydroxylation is 1. The molecule has 0 saturated carbocycles. The van der Waals surface area contributed by atoms with Crippen LogP contribution in [-0.4, -0.2) is 4.43 Å². The van der Waals surface area contributed by atoms with Gasteiger partial charge in [0.2, 0.25) is 0 Å². The molecule has 0 amide bonds. The van der Waals surface area contributed by atoms with Crippen LogP contribution in [0.4, 0.5) is 0 Å². The van der Waals surface area contributed by atoms with Gasteiger partial charge in [-0.15, -0.1) is 11.8 Å². The first-order chi connectivity index (χ1) is 7.43. The predicted molar refractivity (Wildman–Crippen MR) is 75.3 cm³/mol. The molecular formula is C14H17I. The molecule has 0 nitrogen and oxygen atoms in total. The Labute approximate surface area is 107 Å². The highest BCUT2D eigenvalue weighted by Gasteiger charge is 1.89. The molecule has 1 aromatic rings. The average molecular weight is 312 g/mol. The van der Waals surface area contributed by atoms with E-state index in [-0.39, 0.29) is 0 Å². The maximum Gasteiger partial charge on any atom is 0.00959 e. The molecular weight excluding hydrogens is 295 g/mol. The van der Waals surface area contributed by atoms with Gasteiger partial charge in [-0.25, -0.2) is 0 Å². The maximum absolute atomic E-state index is 3.24. The highest BCUT2D eigenvalue weighted by Crippen LogP contribution is 2.03. The smallest absolute Gasteiger partial charge is 0.00959 e. The van der Waals surface area contributed by atoms with Gasteiger partial charge in [-0.1, -0.05) is 52.9 Å². The van der Waals surface area contributed by atoms with Crippen LogP contribution in [0.25, 0.3) is 0 Å². The van der Waals surface area contributed by atoms with Crippen molar-refractivity contribution in [3.05, 3.63) is 35.9 Å². The molecule has 0 aliphatic heterocycles. The third-order valence-corrected chi connectivity index (χ3v) is 2.93. The zero-order valence-corrected chi connectivity index (χ0v) is 11.2. The van der Waals surface area contributed by atoms with E-state index in [1.807, 2.05) is 0 Å². The van der Waals surface area contributed by atoms with Gasteiger partial charge in [0.1, 0.15) is 0 Å². The van der Waals surface area contributed by atoms with Crippen molar-refractivity contribution in [2.75, 3.05) is 4.43 Å². The fourth-order valence-corrected chi connectivity index (χ4v) is 1.74. The number of halogens is 1. The predicted octanol–water partition coefficient (Wildman–Crippen LogP) is 4.23. The molecule has 0 saturated heterocycles. The van der Waals surface area contributed by atoms with Gasteiger partial charge < -0.3 is 0 Å². The molecule has 0 aromatic heterocycles. The molecule has 0 bridgehead atoms. The van der Waals surface area contributed by atoms with Crippen molar-refractivity contribution in [1.29, 1.82) is 0 Å². The summed E-state index contributed by atoms with van der Waals surface area (Å²) in [4.78, 5) is 0. The van der Waals surface area contributed by atoms with Crippen LogP contribution in [0.1, 0.15) is 31.2 Å². The van der Waals surface area contributed by atoms with E-state index >= 15 is 0 Å². The van der Waals surface area contributed by atoms with E-state index in [0.717, 1.165) is 19.3 Å². The molecule has 15 heavy (non-hydrogen) atoms. The van der Waals surface area contributed by atoms with Crippen molar-refractivity contribution < 1.29 is 0 Å². The normalized spacial score (nSPS) is 9.40.